The predicted octanol–water partition coefficient (Wildman–Crippen LogP) is 5.92. The van der Waals surface area contributed by atoms with Crippen LogP contribution in [0.15, 0.2) is 36.5 Å². The van der Waals surface area contributed by atoms with E-state index in [0.29, 0.717) is 34.4 Å². The first-order valence-corrected chi connectivity index (χ1v) is 10.5. The maximum absolute atomic E-state index is 14.0. The first kappa shape index (κ1) is 21.5. The van der Waals surface area contributed by atoms with Crippen molar-refractivity contribution in [2.45, 2.75) is 33.0 Å². The van der Waals surface area contributed by atoms with E-state index in [9.17, 15) is 4.39 Å². The molecule has 0 amide bonds. The van der Waals surface area contributed by atoms with E-state index in [4.69, 9.17) is 34.5 Å². The normalized spacial score (nSPS) is 13.5. The Labute approximate surface area is 190 Å². The molecule has 0 radical (unpaired) electrons. The second-order valence-electron chi connectivity index (χ2n) is 7.44. The number of ether oxygens (including phenoxy) is 1. The van der Waals surface area contributed by atoms with Crippen LogP contribution in [0.1, 0.15) is 28.1 Å². The molecule has 0 fully saturated rings. The summed E-state index contributed by atoms with van der Waals surface area (Å²) in [4.78, 5) is 14.7. The first-order valence-electron chi connectivity index (χ1n) is 9.73. The number of aromatic nitrogens is 2. The minimum atomic E-state index is -0.431. The van der Waals surface area contributed by atoms with Gasteiger partial charge in [-0.25, -0.2) is 14.2 Å². The fourth-order valence-electron chi connectivity index (χ4n) is 3.52. The third kappa shape index (κ3) is 4.96. The summed E-state index contributed by atoms with van der Waals surface area (Å²) in [6.45, 7) is 11.2. The van der Waals surface area contributed by atoms with E-state index in [0.717, 1.165) is 35.5 Å². The molecule has 0 N–H and O–H groups in total. The standard InChI is InChI=1S/C23H19Cl2FN4O/c1-14-7-18(27-2)10-28-21(14)11-30-6-5-15-8-19(25)23(29-22(15)12-30)31-13-16-3-4-17(24)9-20(16)26/h3-4,7-10H,5-6,11-13H2,1H3. The van der Waals surface area contributed by atoms with Crippen LogP contribution in [0.2, 0.25) is 10.0 Å². The highest BCUT2D eigenvalue weighted by atomic mass is 35.5. The van der Waals surface area contributed by atoms with Gasteiger partial charge in [0.05, 0.1) is 18.0 Å². The zero-order valence-electron chi connectivity index (χ0n) is 16.8. The van der Waals surface area contributed by atoms with Gasteiger partial charge in [0, 0.05) is 36.4 Å². The summed E-state index contributed by atoms with van der Waals surface area (Å²) in [7, 11) is 0. The largest absolute Gasteiger partial charge is 0.472 e. The lowest BCUT2D eigenvalue weighted by Crippen LogP contribution is -2.31. The van der Waals surface area contributed by atoms with Crippen molar-refractivity contribution >= 4 is 28.9 Å². The van der Waals surface area contributed by atoms with Gasteiger partial charge >= 0.3 is 0 Å². The summed E-state index contributed by atoms with van der Waals surface area (Å²) in [5, 5.41) is 0.744. The van der Waals surface area contributed by atoms with Crippen LogP contribution in [0.5, 0.6) is 5.88 Å². The number of rotatable bonds is 5. The van der Waals surface area contributed by atoms with E-state index in [1.54, 1.807) is 18.3 Å². The molecule has 158 valence electrons. The molecule has 1 aliphatic heterocycles. The van der Waals surface area contributed by atoms with Crippen molar-refractivity contribution in [3.63, 3.8) is 0 Å². The van der Waals surface area contributed by atoms with Crippen molar-refractivity contribution in [1.82, 2.24) is 14.9 Å². The van der Waals surface area contributed by atoms with Crippen molar-refractivity contribution < 1.29 is 9.13 Å². The summed E-state index contributed by atoms with van der Waals surface area (Å²) >= 11 is 12.2. The molecule has 0 atom stereocenters. The van der Waals surface area contributed by atoms with E-state index in [1.165, 1.54) is 6.07 Å². The molecule has 1 aromatic carbocycles. The van der Waals surface area contributed by atoms with Crippen molar-refractivity contribution in [2.75, 3.05) is 6.54 Å². The highest BCUT2D eigenvalue weighted by Crippen LogP contribution is 2.30. The summed E-state index contributed by atoms with van der Waals surface area (Å²) in [6, 6.07) is 8.18. The Morgan fingerprint density at radius 1 is 1.26 bits per heavy atom. The number of pyridine rings is 2. The second-order valence-corrected chi connectivity index (χ2v) is 8.28. The van der Waals surface area contributed by atoms with E-state index in [-0.39, 0.29) is 12.5 Å². The van der Waals surface area contributed by atoms with Gasteiger partial charge in [-0.1, -0.05) is 35.3 Å². The maximum atomic E-state index is 14.0. The number of fused-ring (bicyclic) bond motifs is 1. The fourth-order valence-corrected chi connectivity index (χ4v) is 3.90. The molecule has 0 saturated heterocycles. The molecule has 8 heteroatoms. The molecular weight excluding hydrogens is 438 g/mol. The molecule has 0 unspecified atom stereocenters. The van der Waals surface area contributed by atoms with Crippen LogP contribution < -0.4 is 4.74 Å². The van der Waals surface area contributed by atoms with Crippen molar-refractivity contribution in [3.8, 4) is 5.88 Å². The number of nitrogens with zero attached hydrogens (tertiary/aromatic N) is 4. The first-order chi connectivity index (χ1) is 14.9. The number of halogens is 3. The van der Waals surface area contributed by atoms with Gasteiger partial charge in [-0.3, -0.25) is 9.88 Å². The lowest BCUT2D eigenvalue weighted by atomic mass is 10.0. The summed E-state index contributed by atoms with van der Waals surface area (Å²) in [5.74, 6) is -0.146. The lowest BCUT2D eigenvalue weighted by Gasteiger charge is -2.28. The van der Waals surface area contributed by atoms with Crippen LogP contribution in [-0.2, 0) is 26.1 Å². The molecule has 1 aliphatic rings. The molecule has 0 saturated carbocycles. The molecule has 3 aromatic rings. The van der Waals surface area contributed by atoms with Crippen LogP contribution in [0.3, 0.4) is 0 Å². The smallest absolute Gasteiger partial charge is 0.233 e. The Bertz CT molecular complexity index is 1180. The van der Waals surface area contributed by atoms with Gasteiger partial charge in [-0.2, -0.15) is 0 Å². The van der Waals surface area contributed by atoms with Crippen molar-refractivity contribution in [1.29, 1.82) is 0 Å². The zero-order chi connectivity index (χ0) is 22.0. The summed E-state index contributed by atoms with van der Waals surface area (Å²) in [5.41, 5.74) is 4.83. The fraction of sp³-hybridized carbons (Fsp3) is 0.261. The van der Waals surface area contributed by atoms with Crippen LogP contribution in [-0.4, -0.2) is 21.4 Å². The molecular formula is C23H19Cl2FN4O. The zero-order valence-corrected chi connectivity index (χ0v) is 18.3. The van der Waals surface area contributed by atoms with E-state index in [1.807, 2.05) is 19.1 Å². The van der Waals surface area contributed by atoms with Gasteiger partial charge in [0.15, 0.2) is 0 Å². The van der Waals surface area contributed by atoms with Crippen LogP contribution >= 0.6 is 23.2 Å². The van der Waals surface area contributed by atoms with Gasteiger partial charge in [0.25, 0.3) is 0 Å². The second kappa shape index (κ2) is 9.19. The van der Waals surface area contributed by atoms with Crippen LogP contribution in [0, 0.1) is 19.3 Å². The molecule has 4 rings (SSSR count). The SMILES string of the molecule is [C-]#[N+]c1cnc(CN2CCc3cc(Cl)c(OCc4ccc(Cl)cc4F)nc3C2)c(C)c1. The number of hydrogen-bond donors (Lipinski definition) is 0. The third-order valence-electron chi connectivity index (χ3n) is 5.24. The Hall–Kier alpha value is -2.72. The third-order valence-corrected chi connectivity index (χ3v) is 5.74. The van der Waals surface area contributed by atoms with Crippen molar-refractivity contribution in [2.24, 2.45) is 0 Å². The highest BCUT2D eigenvalue weighted by Gasteiger charge is 2.21. The molecule has 0 aliphatic carbocycles. The number of aryl methyl sites for hydroxylation is 1. The molecule has 0 spiro atoms. The molecule has 0 bridgehead atoms. The molecule has 5 nitrogen and oxygen atoms in total. The van der Waals surface area contributed by atoms with Crippen molar-refractivity contribution in [3.05, 3.63) is 91.9 Å². The molecule has 2 aromatic heterocycles. The lowest BCUT2D eigenvalue weighted by molar-refractivity contribution is 0.233. The quantitative estimate of drug-likeness (QED) is 0.446. The number of hydrogen-bond acceptors (Lipinski definition) is 4. The average molecular weight is 457 g/mol. The Balaban J connectivity index is 1.48. The maximum Gasteiger partial charge on any atom is 0.233 e. The minimum Gasteiger partial charge on any atom is -0.472 e. The van der Waals surface area contributed by atoms with Gasteiger partial charge < -0.3 is 4.74 Å². The van der Waals surface area contributed by atoms with E-state index >= 15 is 0 Å². The van der Waals surface area contributed by atoms with E-state index < -0.39 is 5.82 Å². The average Bonchev–Trinajstić information content (AvgIpc) is 2.75. The monoisotopic (exact) mass is 456 g/mol. The van der Waals surface area contributed by atoms with Gasteiger partial charge in [-0.15, -0.1) is 0 Å². The molecule has 3 heterocycles. The van der Waals surface area contributed by atoms with Gasteiger partial charge in [0.1, 0.15) is 17.4 Å². The predicted molar refractivity (Wildman–Crippen MR) is 118 cm³/mol. The Kier molecular flexibility index (Phi) is 6.38. The highest BCUT2D eigenvalue weighted by molar-refractivity contribution is 6.32. The van der Waals surface area contributed by atoms with Gasteiger partial charge in [-0.05, 0) is 42.7 Å². The number of benzene rings is 1. The summed E-state index contributed by atoms with van der Waals surface area (Å²) in [6.07, 6.45) is 2.42. The Morgan fingerprint density at radius 3 is 2.84 bits per heavy atom. The van der Waals surface area contributed by atoms with Gasteiger partial charge in [0.2, 0.25) is 11.6 Å². The Morgan fingerprint density at radius 2 is 2.10 bits per heavy atom. The van der Waals surface area contributed by atoms with E-state index in [2.05, 4.69) is 19.7 Å². The topological polar surface area (TPSA) is 42.6 Å². The molecule has 31 heavy (non-hydrogen) atoms. The van der Waals surface area contributed by atoms with Crippen LogP contribution in [0.4, 0.5) is 10.1 Å². The van der Waals surface area contributed by atoms with Crippen LogP contribution in [0.25, 0.3) is 4.85 Å². The summed E-state index contributed by atoms with van der Waals surface area (Å²) < 4.78 is 19.7. The minimum absolute atomic E-state index is 0.00867.